The summed E-state index contributed by atoms with van der Waals surface area (Å²) in [4.78, 5) is 2.58. The van der Waals surface area contributed by atoms with Crippen LogP contribution in [-0.2, 0) is 6.42 Å². The molecule has 1 saturated heterocycles. The Morgan fingerprint density at radius 3 is 2.61 bits per heavy atom. The number of rotatable bonds is 5. The number of hydrogen-bond donors (Lipinski definition) is 1. The summed E-state index contributed by atoms with van der Waals surface area (Å²) in [5, 5.41) is 7.38. The average Bonchev–Trinajstić information content (AvgIpc) is 2.92. The third-order valence-corrected chi connectivity index (χ3v) is 5.13. The van der Waals surface area contributed by atoms with Crippen molar-refractivity contribution in [2.75, 3.05) is 26.7 Å². The Hall–Kier alpha value is -1.81. The second-order valence-corrected chi connectivity index (χ2v) is 6.52. The van der Waals surface area contributed by atoms with Crippen LogP contribution in [0.15, 0.2) is 24.3 Å². The SMILES string of the molecule is COc1ccccc1C1CCN(CCc2c(C)n[nH]c2C)CC1. The molecule has 3 rings (SSSR count). The minimum Gasteiger partial charge on any atom is -0.496 e. The first-order valence-electron chi connectivity index (χ1n) is 8.54. The molecule has 0 unspecified atom stereocenters. The molecule has 0 spiro atoms. The van der Waals surface area contributed by atoms with Gasteiger partial charge in [-0.2, -0.15) is 5.10 Å². The molecule has 1 N–H and O–H groups in total. The van der Waals surface area contributed by atoms with Crippen molar-refractivity contribution in [3.63, 3.8) is 0 Å². The molecule has 0 bridgehead atoms. The number of H-pyrrole nitrogens is 1. The first-order chi connectivity index (χ1) is 11.2. The molecule has 0 aliphatic carbocycles. The van der Waals surface area contributed by atoms with E-state index < -0.39 is 0 Å². The molecule has 1 aromatic heterocycles. The maximum Gasteiger partial charge on any atom is 0.122 e. The zero-order chi connectivity index (χ0) is 16.2. The summed E-state index contributed by atoms with van der Waals surface area (Å²) in [5.41, 5.74) is 5.12. The summed E-state index contributed by atoms with van der Waals surface area (Å²) in [6.45, 7) is 7.66. The summed E-state index contributed by atoms with van der Waals surface area (Å²) in [6, 6.07) is 8.46. The Morgan fingerprint density at radius 1 is 1.22 bits per heavy atom. The quantitative estimate of drug-likeness (QED) is 0.919. The number of methoxy groups -OCH3 is 1. The van der Waals surface area contributed by atoms with Crippen LogP contribution < -0.4 is 4.74 Å². The molecule has 4 heteroatoms. The number of ether oxygens (including phenoxy) is 1. The van der Waals surface area contributed by atoms with Crippen LogP contribution in [0.3, 0.4) is 0 Å². The Balaban J connectivity index is 1.54. The van der Waals surface area contributed by atoms with Crippen molar-refractivity contribution in [1.82, 2.24) is 15.1 Å². The molecule has 124 valence electrons. The van der Waals surface area contributed by atoms with Gasteiger partial charge in [0, 0.05) is 12.2 Å². The molecular weight excluding hydrogens is 286 g/mol. The van der Waals surface area contributed by atoms with E-state index in [2.05, 4.69) is 47.1 Å². The van der Waals surface area contributed by atoms with Gasteiger partial charge in [-0.1, -0.05) is 18.2 Å². The molecule has 1 aliphatic heterocycles. The van der Waals surface area contributed by atoms with Gasteiger partial charge in [-0.3, -0.25) is 5.10 Å². The number of piperidine rings is 1. The van der Waals surface area contributed by atoms with Crippen molar-refractivity contribution in [1.29, 1.82) is 0 Å². The number of aryl methyl sites for hydroxylation is 2. The van der Waals surface area contributed by atoms with Gasteiger partial charge in [-0.05, 0) is 69.3 Å². The molecule has 0 atom stereocenters. The highest BCUT2D eigenvalue weighted by Crippen LogP contribution is 2.34. The number of para-hydroxylation sites is 1. The first kappa shape index (κ1) is 16.1. The molecule has 23 heavy (non-hydrogen) atoms. The third-order valence-electron chi connectivity index (χ3n) is 5.13. The molecule has 0 amide bonds. The molecule has 0 saturated carbocycles. The lowest BCUT2D eigenvalue weighted by atomic mass is 9.88. The summed E-state index contributed by atoms with van der Waals surface area (Å²) in [5.74, 6) is 1.66. The molecule has 2 heterocycles. The van der Waals surface area contributed by atoms with E-state index in [0.717, 1.165) is 24.4 Å². The average molecular weight is 313 g/mol. The van der Waals surface area contributed by atoms with E-state index in [-0.39, 0.29) is 0 Å². The van der Waals surface area contributed by atoms with Crippen molar-refractivity contribution < 1.29 is 4.74 Å². The monoisotopic (exact) mass is 313 g/mol. The number of aromatic nitrogens is 2. The van der Waals surface area contributed by atoms with Gasteiger partial charge in [0.2, 0.25) is 0 Å². The zero-order valence-electron chi connectivity index (χ0n) is 14.4. The largest absolute Gasteiger partial charge is 0.496 e. The van der Waals surface area contributed by atoms with Crippen molar-refractivity contribution in [2.24, 2.45) is 0 Å². The van der Waals surface area contributed by atoms with Gasteiger partial charge < -0.3 is 9.64 Å². The van der Waals surface area contributed by atoms with Gasteiger partial charge in [0.15, 0.2) is 0 Å². The molecule has 1 fully saturated rings. The van der Waals surface area contributed by atoms with Crippen LogP contribution in [0.1, 0.15) is 41.3 Å². The van der Waals surface area contributed by atoms with Gasteiger partial charge in [-0.15, -0.1) is 0 Å². The van der Waals surface area contributed by atoms with Crippen LogP contribution in [0.25, 0.3) is 0 Å². The number of likely N-dealkylation sites (tertiary alicyclic amines) is 1. The normalized spacial score (nSPS) is 16.7. The van der Waals surface area contributed by atoms with E-state index in [0.29, 0.717) is 5.92 Å². The number of hydrogen-bond acceptors (Lipinski definition) is 3. The summed E-state index contributed by atoms with van der Waals surface area (Å²) in [7, 11) is 1.77. The number of aromatic amines is 1. The van der Waals surface area contributed by atoms with E-state index >= 15 is 0 Å². The highest BCUT2D eigenvalue weighted by Gasteiger charge is 2.23. The van der Waals surface area contributed by atoms with E-state index in [1.54, 1.807) is 7.11 Å². The molecule has 0 radical (unpaired) electrons. The fraction of sp³-hybridized carbons (Fsp3) is 0.526. The molecule has 2 aromatic rings. The third kappa shape index (κ3) is 3.58. The minimum atomic E-state index is 0.625. The maximum atomic E-state index is 5.52. The number of benzene rings is 1. The maximum absolute atomic E-state index is 5.52. The second-order valence-electron chi connectivity index (χ2n) is 6.52. The van der Waals surface area contributed by atoms with Crippen molar-refractivity contribution in [3.8, 4) is 5.75 Å². The minimum absolute atomic E-state index is 0.625. The molecule has 1 aromatic carbocycles. The van der Waals surface area contributed by atoms with Gasteiger partial charge in [0.1, 0.15) is 5.75 Å². The van der Waals surface area contributed by atoms with Crippen LogP contribution in [0, 0.1) is 13.8 Å². The summed E-state index contributed by atoms with van der Waals surface area (Å²) >= 11 is 0. The van der Waals surface area contributed by atoms with Crippen molar-refractivity contribution >= 4 is 0 Å². The van der Waals surface area contributed by atoms with Gasteiger partial charge in [0.25, 0.3) is 0 Å². The highest BCUT2D eigenvalue weighted by atomic mass is 16.5. The van der Waals surface area contributed by atoms with Crippen molar-refractivity contribution in [2.45, 2.75) is 39.0 Å². The predicted molar refractivity (Wildman–Crippen MR) is 93.2 cm³/mol. The highest BCUT2D eigenvalue weighted by molar-refractivity contribution is 5.36. The molecule has 4 nitrogen and oxygen atoms in total. The fourth-order valence-corrected chi connectivity index (χ4v) is 3.68. The second kappa shape index (κ2) is 7.18. The Morgan fingerprint density at radius 2 is 1.96 bits per heavy atom. The lowest BCUT2D eigenvalue weighted by molar-refractivity contribution is 0.213. The lowest BCUT2D eigenvalue weighted by Crippen LogP contribution is -2.34. The van der Waals surface area contributed by atoms with Gasteiger partial charge in [-0.25, -0.2) is 0 Å². The summed E-state index contributed by atoms with van der Waals surface area (Å²) < 4.78 is 5.52. The number of nitrogens with zero attached hydrogens (tertiary/aromatic N) is 2. The van der Waals surface area contributed by atoms with E-state index in [1.807, 2.05) is 6.07 Å². The zero-order valence-corrected chi connectivity index (χ0v) is 14.4. The van der Waals surface area contributed by atoms with Crippen molar-refractivity contribution in [3.05, 3.63) is 46.8 Å². The van der Waals surface area contributed by atoms with Crippen LogP contribution in [0.4, 0.5) is 0 Å². The topological polar surface area (TPSA) is 41.1 Å². The fourth-order valence-electron chi connectivity index (χ4n) is 3.68. The smallest absolute Gasteiger partial charge is 0.122 e. The Kier molecular flexibility index (Phi) is 5.01. The first-order valence-corrected chi connectivity index (χ1v) is 8.54. The lowest BCUT2D eigenvalue weighted by Gasteiger charge is -2.32. The standard InChI is InChI=1S/C19H27N3O/c1-14-17(15(2)21-20-14)10-13-22-11-8-16(9-12-22)18-6-4-5-7-19(18)23-3/h4-7,16H,8-13H2,1-3H3,(H,20,21). The molecule has 1 aliphatic rings. The van der Waals surface area contributed by atoms with E-state index in [4.69, 9.17) is 4.74 Å². The van der Waals surface area contributed by atoms with Crippen LogP contribution in [0.5, 0.6) is 5.75 Å². The Bertz CT molecular complexity index is 622. The molecular formula is C19H27N3O. The van der Waals surface area contributed by atoms with Crippen LogP contribution in [-0.4, -0.2) is 41.8 Å². The van der Waals surface area contributed by atoms with Crippen LogP contribution in [0.2, 0.25) is 0 Å². The van der Waals surface area contributed by atoms with Gasteiger partial charge >= 0.3 is 0 Å². The van der Waals surface area contributed by atoms with E-state index in [9.17, 15) is 0 Å². The predicted octanol–water partition coefficient (Wildman–Crippen LogP) is 3.46. The Labute approximate surface area is 138 Å². The summed E-state index contributed by atoms with van der Waals surface area (Å²) in [6.07, 6.45) is 3.51. The number of nitrogens with one attached hydrogen (secondary N) is 1. The van der Waals surface area contributed by atoms with Crippen LogP contribution >= 0.6 is 0 Å². The van der Waals surface area contributed by atoms with E-state index in [1.165, 1.54) is 42.8 Å². The van der Waals surface area contributed by atoms with Gasteiger partial charge in [0.05, 0.1) is 12.8 Å².